The highest BCUT2D eigenvalue weighted by atomic mass is 35.5. The fourth-order valence-corrected chi connectivity index (χ4v) is 2.25. The van der Waals surface area contributed by atoms with E-state index >= 15 is 0 Å². The number of rotatable bonds is 3. The number of carbonyl (C=O) groups excluding carboxylic acids is 1. The van der Waals surface area contributed by atoms with Gasteiger partial charge >= 0.3 is 0 Å². The Bertz CT molecular complexity index is 431. The topological polar surface area (TPSA) is 29.5 Å². The van der Waals surface area contributed by atoms with Crippen LogP contribution in [0.1, 0.15) is 19.4 Å². The van der Waals surface area contributed by atoms with Crippen LogP contribution in [-0.4, -0.2) is 24.4 Å². The molecule has 3 nitrogen and oxygen atoms in total. The Morgan fingerprint density at radius 1 is 1.59 bits per heavy atom. The second kappa shape index (κ2) is 4.96. The lowest BCUT2D eigenvalue weighted by Crippen LogP contribution is -2.34. The third-order valence-corrected chi connectivity index (χ3v) is 3.08. The summed E-state index contributed by atoms with van der Waals surface area (Å²) in [5.74, 6) is 0.835. The van der Waals surface area contributed by atoms with E-state index in [4.69, 9.17) is 16.3 Å². The van der Waals surface area contributed by atoms with E-state index in [1.165, 1.54) is 0 Å². The zero-order valence-electron chi connectivity index (χ0n) is 10.1. The van der Waals surface area contributed by atoms with Crippen molar-refractivity contribution in [1.82, 2.24) is 0 Å². The summed E-state index contributed by atoms with van der Waals surface area (Å²) in [6, 6.07) is 5.80. The van der Waals surface area contributed by atoms with Gasteiger partial charge in [-0.25, -0.2) is 0 Å². The fraction of sp³-hybridized carbons (Fsp3) is 0.462. The third kappa shape index (κ3) is 2.25. The molecular formula is C13H16ClNO2. The molecule has 17 heavy (non-hydrogen) atoms. The highest BCUT2D eigenvalue weighted by Gasteiger charge is 2.28. The lowest BCUT2D eigenvalue weighted by Gasteiger charge is -2.19. The maximum absolute atomic E-state index is 11.9. The van der Waals surface area contributed by atoms with Crippen molar-refractivity contribution in [2.24, 2.45) is 0 Å². The normalized spacial score (nSPS) is 15.6. The number of hydrogen-bond acceptors (Lipinski definition) is 2. The number of anilines is 1. The van der Waals surface area contributed by atoms with E-state index in [1.54, 1.807) is 11.8 Å². The van der Waals surface area contributed by atoms with Gasteiger partial charge in [-0.3, -0.25) is 4.79 Å². The number of halogens is 1. The van der Waals surface area contributed by atoms with Gasteiger partial charge in [0.05, 0.1) is 12.3 Å². The highest BCUT2D eigenvalue weighted by molar-refractivity contribution is 6.32. The molecule has 0 radical (unpaired) electrons. The number of fused-ring (bicyclic) bond motifs is 1. The molecule has 1 aliphatic rings. The number of benzene rings is 1. The van der Waals surface area contributed by atoms with Crippen LogP contribution >= 0.6 is 11.6 Å². The molecule has 0 N–H and O–H groups in total. The summed E-state index contributed by atoms with van der Waals surface area (Å²) >= 11 is 5.85. The maximum atomic E-state index is 11.9. The molecule has 92 valence electrons. The molecule has 0 saturated heterocycles. The molecule has 0 unspecified atom stereocenters. The van der Waals surface area contributed by atoms with E-state index in [1.807, 2.05) is 25.1 Å². The van der Waals surface area contributed by atoms with Gasteiger partial charge in [-0.2, -0.15) is 0 Å². The number of nitrogens with zero attached hydrogens (tertiary/aromatic N) is 1. The lowest BCUT2D eigenvalue weighted by atomic mass is 10.1. The first-order valence-electron chi connectivity index (χ1n) is 5.85. The molecule has 0 spiro atoms. The van der Waals surface area contributed by atoms with Gasteiger partial charge < -0.3 is 9.64 Å². The molecule has 0 bridgehead atoms. The molecule has 0 fully saturated rings. The zero-order chi connectivity index (χ0) is 12.4. The Kier molecular flexibility index (Phi) is 3.57. The lowest BCUT2D eigenvalue weighted by molar-refractivity contribution is -0.117. The summed E-state index contributed by atoms with van der Waals surface area (Å²) < 4.78 is 5.57. The van der Waals surface area contributed by atoms with Crippen LogP contribution in [0.25, 0.3) is 0 Å². The van der Waals surface area contributed by atoms with E-state index in [2.05, 4.69) is 0 Å². The third-order valence-electron chi connectivity index (χ3n) is 2.89. The SMILES string of the molecule is CCOc1cccc2c1CCN2C(=O)[C@@H](C)Cl. The molecule has 1 heterocycles. The predicted molar refractivity (Wildman–Crippen MR) is 69.0 cm³/mol. The Labute approximate surface area is 106 Å². The summed E-state index contributed by atoms with van der Waals surface area (Å²) in [4.78, 5) is 13.7. The predicted octanol–water partition coefficient (Wildman–Crippen LogP) is 2.60. The molecule has 2 rings (SSSR count). The fourth-order valence-electron chi connectivity index (χ4n) is 2.14. The van der Waals surface area contributed by atoms with Crippen molar-refractivity contribution in [2.75, 3.05) is 18.1 Å². The average molecular weight is 254 g/mol. The van der Waals surface area contributed by atoms with Crippen molar-refractivity contribution in [3.8, 4) is 5.75 Å². The number of alkyl halides is 1. The molecule has 1 aromatic carbocycles. The van der Waals surface area contributed by atoms with Gasteiger partial charge in [0.15, 0.2) is 0 Å². The van der Waals surface area contributed by atoms with Crippen LogP contribution in [0.15, 0.2) is 18.2 Å². The minimum atomic E-state index is -0.489. The largest absolute Gasteiger partial charge is 0.494 e. The summed E-state index contributed by atoms with van der Waals surface area (Å²) in [6.07, 6.45) is 0.834. The van der Waals surface area contributed by atoms with E-state index in [9.17, 15) is 4.79 Å². The van der Waals surface area contributed by atoms with E-state index < -0.39 is 5.38 Å². The van der Waals surface area contributed by atoms with Crippen molar-refractivity contribution in [3.63, 3.8) is 0 Å². The van der Waals surface area contributed by atoms with Gasteiger partial charge in [0, 0.05) is 12.1 Å². The van der Waals surface area contributed by atoms with Crippen molar-refractivity contribution >= 4 is 23.2 Å². The van der Waals surface area contributed by atoms with Gasteiger partial charge in [-0.05, 0) is 32.4 Å². The van der Waals surface area contributed by atoms with Gasteiger partial charge in [-0.15, -0.1) is 11.6 Å². The minimum Gasteiger partial charge on any atom is -0.494 e. The average Bonchev–Trinajstić information content (AvgIpc) is 2.73. The van der Waals surface area contributed by atoms with Crippen LogP contribution in [0.5, 0.6) is 5.75 Å². The molecule has 0 saturated carbocycles. The van der Waals surface area contributed by atoms with Gasteiger partial charge in [0.2, 0.25) is 5.91 Å². The highest BCUT2D eigenvalue weighted by Crippen LogP contribution is 2.35. The quantitative estimate of drug-likeness (QED) is 0.775. The van der Waals surface area contributed by atoms with Crippen molar-refractivity contribution in [2.45, 2.75) is 25.6 Å². The monoisotopic (exact) mass is 253 g/mol. The van der Waals surface area contributed by atoms with Crippen molar-refractivity contribution in [1.29, 1.82) is 0 Å². The van der Waals surface area contributed by atoms with Crippen LogP contribution in [-0.2, 0) is 11.2 Å². The summed E-state index contributed by atoms with van der Waals surface area (Å²) in [5, 5.41) is -0.489. The second-order valence-electron chi connectivity index (χ2n) is 4.04. The van der Waals surface area contributed by atoms with Crippen LogP contribution in [0.3, 0.4) is 0 Å². The first-order chi connectivity index (χ1) is 8.15. The standard InChI is InChI=1S/C13H16ClNO2/c1-3-17-12-6-4-5-11-10(12)7-8-15(11)13(16)9(2)14/h4-6,9H,3,7-8H2,1-2H3/t9-/m1/s1. The Hall–Kier alpha value is -1.22. The van der Waals surface area contributed by atoms with Gasteiger partial charge in [0.1, 0.15) is 11.1 Å². The molecule has 1 aromatic rings. The van der Waals surface area contributed by atoms with Crippen LogP contribution in [0, 0.1) is 0 Å². The number of hydrogen-bond donors (Lipinski definition) is 0. The number of carbonyl (C=O) groups is 1. The van der Waals surface area contributed by atoms with Crippen molar-refractivity contribution < 1.29 is 9.53 Å². The van der Waals surface area contributed by atoms with Gasteiger partial charge in [0.25, 0.3) is 0 Å². The zero-order valence-corrected chi connectivity index (χ0v) is 10.8. The summed E-state index contributed by atoms with van der Waals surface area (Å²) in [6.45, 7) is 4.98. The van der Waals surface area contributed by atoms with Crippen LogP contribution in [0.2, 0.25) is 0 Å². The Morgan fingerprint density at radius 3 is 3.00 bits per heavy atom. The van der Waals surface area contributed by atoms with Crippen LogP contribution in [0.4, 0.5) is 5.69 Å². The van der Waals surface area contributed by atoms with E-state index in [0.29, 0.717) is 13.2 Å². The Balaban J connectivity index is 2.32. The smallest absolute Gasteiger partial charge is 0.244 e. The maximum Gasteiger partial charge on any atom is 0.244 e. The summed E-state index contributed by atoms with van der Waals surface area (Å²) in [7, 11) is 0. The molecular weight excluding hydrogens is 238 g/mol. The first-order valence-corrected chi connectivity index (χ1v) is 6.29. The number of ether oxygens (including phenoxy) is 1. The molecule has 1 aliphatic heterocycles. The van der Waals surface area contributed by atoms with E-state index in [0.717, 1.165) is 23.4 Å². The van der Waals surface area contributed by atoms with E-state index in [-0.39, 0.29) is 5.91 Å². The second-order valence-corrected chi connectivity index (χ2v) is 4.70. The first kappa shape index (κ1) is 12.2. The molecule has 4 heteroatoms. The number of amides is 1. The Morgan fingerprint density at radius 2 is 2.35 bits per heavy atom. The van der Waals surface area contributed by atoms with Crippen LogP contribution < -0.4 is 9.64 Å². The minimum absolute atomic E-state index is 0.0425. The molecule has 1 atom stereocenters. The van der Waals surface area contributed by atoms with Gasteiger partial charge in [-0.1, -0.05) is 6.07 Å². The molecule has 0 aliphatic carbocycles. The van der Waals surface area contributed by atoms with Crippen molar-refractivity contribution in [3.05, 3.63) is 23.8 Å². The molecule has 0 aromatic heterocycles. The summed E-state index contributed by atoms with van der Waals surface area (Å²) in [5.41, 5.74) is 2.05. The molecule has 1 amide bonds.